The van der Waals surface area contributed by atoms with Gasteiger partial charge in [-0.15, -0.1) is 0 Å². The molecular formula is C24H32O2S2. The maximum Gasteiger partial charge on any atom is 0.303 e. The minimum atomic E-state index is -0.687. The van der Waals surface area contributed by atoms with Crippen LogP contribution in [0.15, 0.2) is 54.6 Å². The van der Waals surface area contributed by atoms with Crippen molar-refractivity contribution >= 4 is 29.5 Å². The number of carbonyl (C=O) groups is 1. The van der Waals surface area contributed by atoms with Crippen LogP contribution in [-0.2, 0) is 11.2 Å². The SMILES string of the molecule is O=C(O)CCC/C=C\C[C@@H]1[C@H](CSC/C=C/Cc2ccccc2)[C@@H]2CC[C@H]1S2. The van der Waals surface area contributed by atoms with E-state index in [2.05, 4.69) is 78.2 Å². The molecule has 2 heterocycles. The van der Waals surface area contributed by atoms with E-state index in [1.165, 1.54) is 30.6 Å². The lowest BCUT2D eigenvalue weighted by atomic mass is 9.78. The van der Waals surface area contributed by atoms with Gasteiger partial charge in [0.05, 0.1) is 0 Å². The van der Waals surface area contributed by atoms with Gasteiger partial charge in [0.2, 0.25) is 0 Å². The molecule has 3 rings (SSSR count). The monoisotopic (exact) mass is 416 g/mol. The Bertz CT molecular complexity index is 656. The van der Waals surface area contributed by atoms with E-state index in [0.29, 0.717) is 0 Å². The molecule has 2 bridgehead atoms. The van der Waals surface area contributed by atoms with E-state index in [0.717, 1.165) is 47.4 Å². The summed E-state index contributed by atoms with van der Waals surface area (Å²) in [5, 5.41) is 10.4. The zero-order valence-corrected chi connectivity index (χ0v) is 18.2. The van der Waals surface area contributed by atoms with Gasteiger partial charge in [-0.2, -0.15) is 23.5 Å². The molecule has 1 N–H and O–H groups in total. The zero-order chi connectivity index (χ0) is 19.6. The summed E-state index contributed by atoms with van der Waals surface area (Å²) in [6, 6.07) is 10.6. The summed E-state index contributed by atoms with van der Waals surface area (Å²) in [4.78, 5) is 10.6. The first-order valence-electron chi connectivity index (χ1n) is 10.5. The van der Waals surface area contributed by atoms with Crippen molar-refractivity contribution in [2.45, 2.75) is 55.4 Å². The molecule has 2 nitrogen and oxygen atoms in total. The highest BCUT2D eigenvalue weighted by Crippen LogP contribution is 2.55. The van der Waals surface area contributed by atoms with Gasteiger partial charge in [0.25, 0.3) is 0 Å². The molecule has 1 aromatic rings. The van der Waals surface area contributed by atoms with Gasteiger partial charge in [-0.25, -0.2) is 0 Å². The number of fused-ring (bicyclic) bond motifs is 2. The van der Waals surface area contributed by atoms with Crippen LogP contribution in [0.5, 0.6) is 0 Å². The van der Waals surface area contributed by atoms with Gasteiger partial charge < -0.3 is 5.11 Å². The molecule has 4 heteroatoms. The van der Waals surface area contributed by atoms with Gasteiger partial charge in [-0.1, -0.05) is 54.6 Å². The number of allylic oxidation sites excluding steroid dienone is 3. The Morgan fingerprint density at radius 3 is 2.64 bits per heavy atom. The summed E-state index contributed by atoms with van der Waals surface area (Å²) in [5.41, 5.74) is 1.38. The van der Waals surface area contributed by atoms with Crippen molar-refractivity contribution in [3.05, 3.63) is 60.2 Å². The predicted molar refractivity (Wildman–Crippen MR) is 123 cm³/mol. The second-order valence-electron chi connectivity index (χ2n) is 7.81. The second-order valence-corrected chi connectivity index (χ2v) is 10.4. The average Bonchev–Trinajstić information content (AvgIpc) is 3.30. The molecule has 4 atom stereocenters. The van der Waals surface area contributed by atoms with Gasteiger partial charge in [0.15, 0.2) is 0 Å². The molecule has 1 aromatic carbocycles. The smallest absolute Gasteiger partial charge is 0.303 e. The summed E-state index contributed by atoms with van der Waals surface area (Å²) in [7, 11) is 0. The lowest BCUT2D eigenvalue weighted by Crippen LogP contribution is -2.28. The number of hydrogen-bond acceptors (Lipinski definition) is 3. The maximum absolute atomic E-state index is 10.6. The number of carboxylic acid groups (broad SMARTS) is 1. The molecule has 0 amide bonds. The van der Waals surface area contributed by atoms with E-state index >= 15 is 0 Å². The van der Waals surface area contributed by atoms with E-state index in [-0.39, 0.29) is 6.42 Å². The number of unbranched alkanes of at least 4 members (excludes halogenated alkanes) is 1. The third kappa shape index (κ3) is 6.73. The number of hydrogen-bond donors (Lipinski definition) is 1. The minimum Gasteiger partial charge on any atom is -0.481 e. The summed E-state index contributed by atoms with van der Waals surface area (Å²) < 4.78 is 0. The normalized spacial score (nSPS) is 26.6. The summed E-state index contributed by atoms with van der Waals surface area (Å²) in [6.45, 7) is 0. The Morgan fingerprint density at radius 2 is 1.86 bits per heavy atom. The van der Waals surface area contributed by atoms with E-state index in [9.17, 15) is 4.79 Å². The van der Waals surface area contributed by atoms with Gasteiger partial charge in [0, 0.05) is 22.7 Å². The van der Waals surface area contributed by atoms with Crippen molar-refractivity contribution < 1.29 is 9.90 Å². The first-order valence-corrected chi connectivity index (χ1v) is 12.6. The quantitative estimate of drug-likeness (QED) is 0.324. The molecule has 0 saturated carbocycles. The highest BCUT2D eigenvalue weighted by Gasteiger charge is 2.47. The van der Waals surface area contributed by atoms with Crippen molar-refractivity contribution in [2.75, 3.05) is 11.5 Å². The predicted octanol–water partition coefficient (Wildman–Crippen LogP) is 6.23. The third-order valence-corrected chi connectivity index (χ3v) is 8.73. The van der Waals surface area contributed by atoms with Crippen LogP contribution in [0.1, 0.15) is 44.1 Å². The summed E-state index contributed by atoms with van der Waals surface area (Å²) in [5.74, 6) is 3.37. The number of rotatable bonds is 12. The molecule has 2 aliphatic heterocycles. The lowest BCUT2D eigenvalue weighted by molar-refractivity contribution is -0.137. The molecule has 0 radical (unpaired) electrons. The minimum absolute atomic E-state index is 0.283. The number of benzene rings is 1. The van der Waals surface area contributed by atoms with Crippen LogP contribution in [0.3, 0.4) is 0 Å². The van der Waals surface area contributed by atoms with Crippen LogP contribution in [0.2, 0.25) is 0 Å². The Morgan fingerprint density at radius 1 is 1.07 bits per heavy atom. The van der Waals surface area contributed by atoms with Gasteiger partial charge in [-0.05, 0) is 61.7 Å². The van der Waals surface area contributed by atoms with Crippen molar-refractivity contribution in [1.29, 1.82) is 0 Å². The number of aliphatic carboxylic acids is 1. The molecular weight excluding hydrogens is 384 g/mol. The van der Waals surface area contributed by atoms with Crippen LogP contribution in [0, 0.1) is 11.8 Å². The first kappa shape index (κ1) is 21.6. The van der Waals surface area contributed by atoms with Crippen LogP contribution in [-0.4, -0.2) is 33.1 Å². The molecule has 0 aliphatic carbocycles. The molecule has 28 heavy (non-hydrogen) atoms. The Balaban J connectivity index is 1.36. The van der Waals surface area contributed by atoms with Gasteiger partial charge in [-0.3, -0.25) is 4.79 Å². The average molecular weight is 417 g/mol. The van der Waals surface area contributed by atoms with Crippen molar-refractivity contribution in [3.8, 4) is 0 Å². The molecule has 2 saturated heterocycles. The molecule has 2 aliphatic rings. The fourth-order valence-corrected chi connectivity index (χ4v) is 7.63. The Labute approximate surface area is 178 Å². The van der Waals surface area contributed by atoms with Crippen LogP contribution in [0.25, 0.3) is 0 Å². The molecule has 0 spiro atoms. The third-order valence-electron chi connectivity index (χ3n) is 5.81. The van der Waals surface area contributed by atoms with E-state index in [4.69, 9.17) is 5.11 Å². The molecule has 0 aromatic heterocycles. The maximum atomic E-state index is 10.6. The lowest BCUT2D eigenvalue weighted by Gasteiger charge is -2.28. The van der Waals surface area contributed by atoms with E-state index in [1.807, 2.05) is 0 Å². The first-order chi connectivity index (χ1) is 13.7. The van der Waals surface area contributed by atoms with Crippen molar-refractivity contribution in [1.82, 2.24) is 0 Å². The van der Waals surface area contributed by atoms with Gasteiger partial charge in [0.1, 0.15) is 0 Å². The summed E-state index contributed by atoms with van der Waals surface area (Å²) >= 11 is 4.33. The number of thioether (sulfide) groups is 2. The highest BCUT2D eigenvalue weighted by molar-refractivity contribution is 8.01. The van der Waals surface area contributed by atoms with Gasteiger partial charge >= 0.3 is 5.97 Å². The van der Waals surface area contributed by atoms with Crippen LogP contribution < -0.4 is 0 Å². The van der Waals surface area contributed by atoms with Crippen molar-refractivity contribution in [2.24, 2.45) is 11.8 Å². The fraction of sp³-hybridized carbons (Fsp3) is 0.542. The topological polar surface area (TPSA) is 37.3 Å². The fourth-order valence-electron chi connectivity index (χ4n) is 4.34. The highest BCUT2D eigenvalue weighted by atomic mass is 32.2. The summed E-state index contributed by atoms with van der Waals surface area (Å²) in [6.07, 6.45) is 16.1. The standard InChI is InChI=1S/C24H32O2S2/c25-24(26)14-7-2-1-6-13-20-21(23-16-15-22(20)28-23)18-27-17-9-8-12-19-10-4-3-5-11-19/h1,3-6,8-11,20-23H,2,7,12-18H2,(H,25,26)/b6-1-,9-8+/t20-,21+,22-,23+/m1/s1. The Hall–Kier alpha value is -1.13. The van der Waals surface area contributed by atoms with Crippen LogP contribution >= 0.6 is 23.5 Å². The largest absolute Gasteiger partial charge is 0.481 e. The van der Waals surface area contributed by atoms with E-state index in [1.54, 1.807) is 0 Å². The van der Waals surface area contributed by atoms with Crippen molar-refractivity contribution in [3.63, 3.8) is 0 Å². The Kier molecular flexibility index (Phi) is 9.07. The molecule has 0 unspecified atom stereocenters. The zero-order valence-electron chi connectivity index (χ0n) is 16.5. The van der Waals surface area contributed by atoms with E-state index < -0.39 is 5.97 Å². The number of carboxylic acids is 1. The molecule has 152 valence electrons. The molecule has 2 fully saturated rings. The van der Waals surface area contributed by atoms with Crippen LogP contribution in [0.4, 0.5) is 0 Å². The second kappa shape index (κ2) is 11.8.